The topological polar surface area (TPSA) is 119 Å². The van der Waals surface area contributed by atoms with E-state index < -0.39 is 0 Å². The van der Waals surface area contributed by atoms with E-state index in [0.29, 0.717) is 15.8 Å². The first-order valence-corrected chi connectivity index (χ1v) is 12.0. The molecule has 1 fully saturated rings. The van der Waals surface area contributed by atoms with Crippen LogP contribution in [0.2, 0.25) is 0 Å². The minimum absolute atomic E-state index is 0.0862. The van der Waals surface area contributed by atoms with Crippen molar-refractivity contribution in [1.29, 1.82) is 0 Å². The van der Waals surface area contributed by atoms with Crippen LogP contribution in [0.4, 0.5) is 4.79 Å². The Morgan fingerprint density at radius 2 is 2.09 bits per heavy atom. The third-order valence-corrected chi connectivity index (χ3v) is 6.56. The molecule has 2 aromatic heterocycles. The van der Waals surface area contributed by atoms with Gasteiger partial charge < -0.3 is 10.1 Å². The van der Waals surface area contributed by atoms with Gasteiger partial charge in [0, 0.05) is 25.5 Å². The van der Waals surface area contributed by atoms with Gasteiger partial charge in [0.2, 0.25) is 5.91 Å². The minimum atomic E-state index is -0.382. The summed E-state index contributed by atoms with van der Waals surface area (Å²) >= 11 is 2.09. The molecule has 1 aliphatic rings. The Hall–Kier alpha value is -3.64. The average Bonchev–Trinajstić information content (AvgIpc) is 3.43. The second-order valence-electron chi connectivity index (χ2n) is 6.91. The van der Waals surface area contributed by atoms with Gasteiger partial charge in [-0.1, -0.05) is 30.0 Å². The molecule has 0 radical (unpaired) electrons. The van der Waals surface area contributed by atoms with Crippen LogP contribution < -0.4 is 10.1 Å². The Labute approximate surface area is 203 Å². The van der Waals surface area contributed by atoms with Crippen LogP contribution in [-0.4, -0.2) is 67.7 Å². The highest BCUT2D eigenvalue weighted by molar-refractivity contribution is 8.18. The number of hydrogen-bond donors (Lipinski definition) is 1. The smallest absolute Gasteiger partial charge is 0.293 e. The fraction of sp³-hybridized carbons (Fsp3) is 0.182. The molecule has 3 aromatic rings. The molecule has 0 unspecified atom stereocenters. The number of ether oxygens (including phenoxy) is 1. The summed E-state index contributed by atoms with van der Waals surface area (Å²) in [6.07, 6.45) is 6.43. The predicted molar refractivity (Wildman–Crippen MR) is 129 cm³/mol. The highest BCUT2D eigenvalue weighted by Crippen LogP contribution is 2.31. The summed E-state index contributed by atoms with van der Waals surface area (Å²) in [5, 5.41) is 10.9. The van der Waals surface area contributed by atoms with Crippen LogP contribution in [0.5, 0.6) is 5.75 Å². The molecule has 10 nitrogen and oxygen atoms in total. The molecule has 3 amide bonds. The van der Waals surface area contributed by atoms with Crippen molar-refractivity contribution in [2.24, 2.45) is 0 Å². The number of para-hydroxylation sites is 2. The number of rotatable bonds is 9. The number of carbonyl (C=O) groups excluding carboxylic acids is 3. The second kappa shape index (κ2) is 11.0. The Morgan fingerprint density at radius 3 is 2.88 bits per heavy atom. The molecule has 1 aromatic carbocycles. The fourth-order valence-electron chi connectivity index (χ4n) is 3.11. The van der Waals surface area contributed by atoms with Gasteiger partial charge in [0.1, 0.15) is 12.1 Å². The number of carbonyl (C=O) groups is 3. The van der Waals surface area contributed by atoms with Crippen molar-refractivity contribution in [3.8, 4) is 11.4 Å². The van der Waals surface area contributed by atoms with Crippen LogP contribution in [0.1, 0.15) is 5.56 Å². The van der Waals surface area contributed by atoms with Gasteiger partial charge in [-0.2, -0.15) is 0 Å². The molecule has 0 aliphatic carbocycles. The lowest BCUT2D eigenvalue weighted by molar-refractivity contribution is -0.123. The predicted octanol–water partition coefficient (Wildman–Crippen LogP) is 2.62. The van der Waals surface area contributed by atoms with E-state index in [9.17, 15) is 14.4 Å². The second-order valence-corrected chi connectivity index (χ2v) is 8.85. The van der Waals surface area contributed by atoms with Gasteiger partial charge in [-0.3, -0.25) is 28.8 Å². The average molecular weight is 497 g/mol. The van der Waals surface area contributed by atoms with Crippen molar-refractivity contribution in [1.82, 2.24) is 30.0 Å². The SMILES string of the molecule is COc1ccccc1-n1cnnc1SCC(=O)NCCN1C(=O)SC(=Cc2cccnc2)C1=O. The number of thioether (sulfide) groups is 2. The van der Waals surface area contributed by atoms with Crippen molar-refractivity contribution in [2.45, 2.75) is 5.16 Å². The largest absolute Gasteiger partial charge is 0.495 e. The highest BCUT2D eigenvalue weighted by Gasteiger charge is 2.34. The monoisotopic (exact) mass is 496 g/mol. The van der Waals surface area contributed by atoms with Crippen LogP contribution in [0, 0.1) is 0 Å². The molecule has 0 spiro atoms. The lowest BCUT2D eigenvalue weighted by Crippen LogP contribution is -2.37. The van der Waals surface area contributed by atoms with Gasteiger partial charge in [-0.05, 0) is 41.6 Å². The molecule has 12 heteroatoms. The first-order chi connectivity index (χ1) is 16.6. The van der Waals surface area contributed by atoms with Crippen molar-refractivity contribution < 1.29 is 19.1 Å². The molecule has 1 saturated heterocycles. The number of hydrogen-bond acceptors (Lipinski definition) is 9. The maximum absolute atomic E-state index is 12.6. The molecule has 34 heavy (non-hydrogen) atoms. The Kier molecular flexibility index (Phi) is 7.60. The zero-order chi connectivity index (χ0) is 23.9. The number of imide groups is 1. The molecule has 174 valence electrons. The zero-order valence-electron chi connectivity index (χ0n) is 18.1. The number of aromatic nitrogens is 4. The zero-order valence-corrected chi connectivity index (χ0v) is 19.7. The van der Waals surface area contributed by atoms with Crippen molar-refractivity contribution >= 4 is 46.7 Å². The summed E-state index contributed by atoms with van der Waals surface area (Å²) in [6, 6.07) is 11.0. The van der Waals surface area contributed by atoms with Gasteiger partial charge in [0.15, 0.2) is 5.16 Å². The third-order valence-electron chi connectivity index (χ3n) is 4.71. The number of benzene rings is 1. The summed E-state index contributed by atoms with van der Waals surface area (Å²) < 4.78 is 7.12. The summed E-state index contributed by atoms with van der Waals surface area (Å²) in [5.41, 5.74) is 1.50. The van der Waals surface area contributed by atoms with Crippen LogP contribution in [0.15, 0.2) is 65.2 Å². The van der Waals surface area contributed by atoms with E-state index in [4.69, 9.17) is 4.74 Å². The number of amides is 3. The standard InChI is InChI=1S/C22H20N6O4S2/c1-32-17-7-3-2-6-16(17)28-14-25-26-21(28)33-13-19(29)24-9-10-27-20(30)18(34-22(27)31)11-15-5-4-8-23-12-15/h2-8,11-12,14H,9-10,13H2,1H3,(H,24,29). The molecular weight excluding hydrogens is 476 g/mol. The fourth-order valence-corrected chi connectivity index (χ4v) is 4.73. The van der Waals surface area contributed by atoms with Gasteiger partial charge in [-0.15, -0.1) is 10.2 Å². The van der Waals surface area contributed by atoms with E-state index in [-0.39, 0.29) is 35.9 Å². The van der Waals surface area contributed by atoms with E-state index in [1.165, 1.54) is 11.8 Å². The summed E-state index contributed by atoms with van der Waals surface area (Å²) in [6.45, 7) is 0.236. The molecule has 1 N–H and O–H groups in total. The molecule has 4 rings (SSSR count). The quantitative estimate of drug-likeness (QED) is 0.352. The lowest BCUT2D eigenvalue weighted by atomic mass is 10.2. The van der Waals surface area contributed by atoms with Crippen LogP contribution >= 0.6 is 23.5 Å². The molecular formula is C22H20N6O4S2. The first-order valence-electron chi connectivity index (χ1n) is 10.1. The molecule has 3 heterocycles. The van der Waals surface area contributed by atoms with Crippen LogP contribution in [-0.2, 0) is 9.59 Å². The number of pyridine rings is 1. The molecule has 0 saturated carbocycles. The number of nitrogens with zero attached hydrogens (tertiary/aromatic N) is 5. The van der Waals surface area contributed by atoms with E-state index in [2.05, 4.69) is 20.5 Å². The van der Waals surface area contributed by atoms with Gasteiger partial charge in [0.05, 0.1) is 23.5 Å². The van der Waals surface area contributed by atoms with Crippen LogP contribution in [0.25, 0.3) is 11.8 Å². The van der Waals surface area contributed by atoms with Crippen molar-refractivity contribution in [3.05, 3.63) is 65.6 Å². The van der Waals surface area contributed by atoms with E-state index >= 15 is 0 Å². The van der Waals surface area contributed by atoms with E-state index in [0.717, 1.165) is 27.9 Å². The first kappa shape index (κ1) is 23.5. The van der Waals surface area contributed by atoms with Crippen LogP contribution in [0.3, 0.4) is 0 Å². The Morgan fingerprint density at radius 1 is 1.24 bits per heavy atom. The van der Waals surface area contributed by atoms with Gasteiger partial charge in [-0.25, -0.2) is 0 Å². The minimum Gasteiger partial charge on any atom is -0.495 e. The Balaban J connectivity index is 1.28. The normalized spacial score (nSPS) is 14.6. The van der Waals surface area contributed by atoms with E-state index in [1.54, 1.807) is 48.6 Å². The Bertz CT molecular complexity index is 1230. The molecule has 0 bridgehead atoms. The maximum Gasteiger partial charge on any atom is 0.293 e. The van der Waals surface area contributed by atoms with E-state index in [1.807, 2.05) is 24.3 Å². The highest BCUT2D eigenvalue weighted by atomic mass is 32.2. The van der Waals surface area contributed by atoms with Crippen molar-refractivity contribution in [2.75, 3.05) is 26.0 Å². The van der Waals surface area contributed by atoms with Gasteiger partial charge >= 0.3 is 0 Å². The summed E-state index contributed by atoms with van der Waals surface area (Å²) in [5.74, 6) is 0.115. The lowest BCUT2D eigenvalue weighted by Gasteiger charge is -2.13. The molecule has 0 atom stereocenters. The maximum atomic E-state index is 12.6. The number of nitrogens with one attached hydrogen (secondary N) is 1. The number of methoxy groups -OCH3 is 1. The summed E-state index contributed by atoms with van der Waals surface area (Å²) in [7, 11) is 1.58. The van der Waals surface area contributed by atoms with Gasteiger partial charge in [0.25, 0.3) is 11.1 Å². The summed E-state index contributed by atoms with van der Waals surface area (Å²) in [4.78, 5) is 42.6. The molecule has 1 aliphatic heterocycles. The third kappa shape index (κ3) is 5.46. The van der Waals surface area contributed by atoms with Crippen molar-refractivity contribution in [3.63, 3.8) is 0 Å².